The van der Waals surface area contributed by atoms with Gasteiger partial charge in [-0.3, -0.25) is 0 Å². The van der Waals surface area contributed by atoms with Gasteiger partial charge in [0, 0.05) is 29.5 Å². The van der Waals surface area contributed by atoms with Crippen LogP contribution in [0.5, 0.6) is 0 Å². The van der Waals surface area contributed by atoms with E-state index in [1.165, 1.54) is 12.8 Å². The number of fused-ring (bicyclic) bond motifs is 1. The summed E-state index contributed by atoms with van der Waals surface area (Å²) in [4.78, 5) is 14.6. The van der Waals surface area contributed by atoms with Crippen molar-refractivity contribution in [2.75, 3.05) is 24.6 Å². The molecule has 2 aromatic carbocycles. The van der Waals surface area contributed by atoms with Gasteiger partial charge < -0.3 is 18.9 Å². The fourth-order valence-corrected chi connectivity index (χ4v) is 4.21. The van der Waals surface area contributed by atoms with E-state index in [0.717, 1.165) is 29.5 Å². The lowest BCUT2D eigenvalue weighted by atomic mass is 10.1. The molecule has 1 unspecified atom stereocenters. The third kappa shape index (κ3) is 2.71. The minimum Gasteiger partial charge on any atom is -0.775 e. The van der Waals surface area contributed by atoms with Gasteiger partial charge in [-0.1, -0.05) is 24.3 Å². The van der Waals surface area contributed by atoms with E-state index in [4.69, 9.17) is 4.52 Å². The summed E-state index contributed by atoms with van der Waals surface area (Å²) in [5.74, 6) is 0. The third-order valence-corrected chi connectivity index (χ3v) is 5.50. The monoisotopic (exact) mass is 304 g/mol. The van der Waals surface area contributed by atoms with Gasteiger partial charge in [0.05, 0.1) is 6.61 Å². The molecule has 0 bridgehead atoms. The smallest absolute Gasteiger partial charge is 0.165 e. The molecule has 1 aliphatic rings. The maximum Gasteiger partial charge on any atom is 0.165 e. The van der Waals surface area contributed by atoms with Crippen molar-refractivity contribution in [3.8, 4) is 0 Å². The van der Waals surface area contributed by atoms with E-state index >= 15 is 0 Å². The Morgan fingerprint density at radius 1 is 1.14 bits per heavy atom. The molecule has 1 saturated heterocycles. The number of hydrogen-bond donors (Lipinski definition) is 0. The van der Waals surface area contributed by atoms with E-state index in [-0.39, 0.29) is 11.9 Å². The summed E-state index contributed by atoms with van der Waals surface area (Å²) in [5.41, 5.74) is 1.11. The first-order valence-corrected chi connectivity index (χ1v) is 8.90. The first kappa shape index (κ1) is 14.6. The highest BCUT2D eigenvalue weighted by molar-refractivity contribution is 7.60. The van der Waals surface area contributed by atoms with Crippen molar-refractivity contribution in [3.63, 3.8) is 0 Å². The van der Waals surface area contributed by atoms with Crippen LogP contribution in [0.25, 0.3) is 10.8 Å². The molecule has 2 aromatic rings. The molecule has 1 atom stereocenters. The fraction of sp³-hybridized carbons (Fsp3) is 0.375. The van der Waals surface area contributed by atoms with Crippen molar-refractivity contribution in [1.29, 1.82) is 0 Å². The van der Waals surface area contributed by atoms with Crippen molar-refractivity contribution in [1.82, 2.24) is 0 Å². The van der Waals surface area contributed by atoms with Gasteiger partial charge in [-0.2, -0.15) is 0 Å². The standard InChI is InChI=1S/C16H20NO3P/c1-2-20-21(18,19)16-10-9-15(17-11-5-6-12-17)13-7-3-4-8-14(13)16/h3-4,7-10H,2,5-6,11-12H2,1H3,(H,18,19)/p-1. The van der Waals surface area contributed by atoms with Gasteiger partial charge in [0.2, 0.25) is 0 Å². The van der Waals surface area contributed by atoms with E-state index in [2.05, 4.69) is 4.90 Å². The lowest BCUT2D eigenvalue weighted by Gasteiger charge is -2.27. The van der Waals surface area contributed by atoms with Gasteiger partial charge >= 0.3 is 0 Å². The number of benzene rings is 2. The van der Waals surface area contributed by atoms with E-state index in [9.17, 15) is 9.46 Å². The normalized spacial score (nSPS) is 18.1. The van der Waals surface area contributed by atoms with Crippen LogP contribution in [0, 0.1) is 0 Å². The minimum atomic E-state index is -4.01. The van der Waals surface area contributed by atoms with E-state index in [0.29, 0.717) is 0 Å². The van der Waals surface area contributed by atoms with Crippen LogP contribution in [0.15, 0.2) is 36.4 Å². The SMILES string of the molecule is CCOP(=O)([O-])c1ccc(N2CCCC2)c2ccccc12. The average molecular weight is 304 g/mol. The lowest BCUT2D eigenvalue weighted by Crippen LogP contribution is -2.22. The van der Waals surface area contributed by atoms with Crippen LogP contribution in [0.3, 0.4) is 0 Å². The highest BCUT2D eigenvalue weighted by atomic mass is 31.2. The predicted octanol–water partition coefficient (Wildman–Crippen LogP) is 2.66. The Hall–Kier alpha value is -1.35. The molecule has 1 fully saturated rings. The maximum atomic E-state index is 12.3. The Morgan fingerprint density at radius 3 is 2.48 bits per heavy atom. The van der Waals surface area contributed by atoms with Crippen molar-refractivity contribution >= 4 is 29.4 Å². The van der Waals surface area contributed by atoms with Crippen molar-refractivity contribution in [2.45, 2.75) is 19.8 Å². The third-order valence-electron chi connectivity index (χ3n) is 3.92. The van der Waals surface area contributed by atoms with Crippen molar-refractivity contribution < 1.29 is 14.0 Å². The topological polar surface area (TPSA) is 52.6 Å². The summed E-state index contributed by atoms with van der Waals surface area (Å²) < 4.78 is 17.2. The molecule has 1 heterocycles. The summed E-state index contributed by atoms with van der Waals surface area (Å²) in [6, 6.07) is 11.2. The fourth-order valence-electron chi connectivity index (χ4n) is 2.98. The summed E-state index contributed by atoms with van der Waals surface area (Å²) >= 11 is 0. The number of anilines is 1. The second-order valence-electron chi connectivity index (χ2n) is 5.26. The van der Waals surface area contributed by atoms with Crippen LogP contribution >= 0.6 is 7.60 Å². The van der Waals surface area contributed by atoms with E-state index in [1.807, 2.05) is 30.3 Å². The van der Waals surface area contributed by atoms with Gasteiger partial charge in [-0.15, -0.1) is 0 Å². The van der Waals surface area contributed by atoms with Gasteiger partial charge in [-0.25, -0.2) is 0 Å². The number of hydrogen-bond acceptors (Lipinski definition) is 4. The van der Waals surface area contributed by atoms with Crippen LogP contribution in [0.2, 0.25) is 0 Å². The Labute approximate surface area is 124 Å². The van der Waals surface area contributed by atoms with Gasteiger partial charge in [0.25, 0.3) is 0 Å². The molecule has 0 amide bonds. The number of rotatable bonds is 4. The van der Waals surface area contributed by atoms with Crippen LogP contribution < -0.4 is 15.1 Å². The van der Waals surface area contributed by atoms with Crippen molar-refractivity contribution in [2.24, 2.45) is 0 Å². The highest BCUT2D eigenvalue weighted by Gasteiger charge is 2.20. The molecule has 0 N–H and O–H groups in total. The zero-order valence-electron chi connectivity index (χ0n) is 12.1. The summed E-state index contributed by atoms with van der Waals surface area (Å²) in [6.45, 7) is 3.90. The molecule has 4 nitrogen and oxygen atoms in total. The quantitative estimate of drug-likeness (QED) is 0.815. The summed E-state index contributed by atoms with van der Waals surface area (Å²) in [7, 11) is -4.01. The van der Waals surface area contributed by atoms with Crippen LogP contribution in [0.4, 0.5) is 5.69 Å². The molecule has 0 saturated carbocycles. The Kier molecular flexibility index (Phi) is 4.03. The zero-order valence-corrected chi connectivity index (χ0v) is 13.0. The Bertz CT molecular complexity index is 695. The molecule has 1 aliphatic heterocycles. The second-order valence-corrected chi connectivity index (χ2v) is 6.99. The molecular weight excluding hydrogens is 285 g/mol. The van der Waals surface area contributed by atoms with Crippen LogP contribution in [0.1, 0.15) is 19.8 Å². The van der Waals surface area contributed by atoms with Crippen LogP contribution in [-0.4, -0.2) is 19.7 Å². The first-order chi connectivity index (χ1) is 10.1. The lowest BCUT2D eigenvalue weighted by molar-refractivity contribution is -0.193. The Balaban J connectivity index is 2.17. The first-order valence-electron chi connectivity index (χ1n) is 7.36. The molecule has 5 heteroatoms. The van der Waals surface area contributed by atoms with Gasteiger partial charge in [-0.05, 0) is 37.3 Å². The van der Waals surface area contributed by atoms with Crippen molar-refractivity contribution in [3.05, 3.63) is 36.4 Å². The zero-order chi connectivity index (χ0) is 14.9. The maximum absolute atomic E-state index is 12.3. The summed E-state index contributed by atoms with van der Waals surface area (Å²) in [6.07, 6.45) is 2.38. The molecule has 0 aromatic heterocycles. The minimum absolute atomic E-state index is 0.156. The summed E-state index contributed by atoms with van der Waals surface area (Å²) in [5, 5.41) is 2.00. The van der Waals surface area contributed by atoms with E-state index in [1.54, 1.807) is 13.0 Å². The Morgan fingerprint density at radius 2 is 1.81 bits per heavy atom. The largest absolute Gasteiger partial charge is 0.775 e. The molecule has 0 aliphatic carbocycles. The highest BCUT2D eigenvalue weighted by Crippen LogP contribution is 2.40. The molecular formula is C16H19NO3P-. The van der Waals surface area contributed by atoms with Gasteiger partial charge in [0.1, 0.15) is 0 Å². The average Bonchev–Trinajstić information content (AvgIpc) is 3.00. The molecule has 0 spiro atoms. The molecule has 21 heavy (non-hydrogen) atoms. The molecule has 112 valence electrons. The second kappa shape index (κ2) is 5.80. The van der Waals surface area contributed by atoms with E-state index < -0.39 is 7.60 Å². The number of nitrogens with zero attached hydrogens (tertiary/aromatic N) is 1. The molecule has 3 rings (SSSR count). The van der Waals surface area contributed by atoms with Crippen LogP contribution in [-0.2, 0) is 9.09 Å². The molecule has 0 radical (unpaired) electrons. The van der Waals surface area contributed by atoms with Gasteiger partial charge in [0.15, 0.2) is 7.60 Å². The predicted molar refractivity (Wildman–Crippen MR) is 84.3 cm³/mol.